The first-order valence-corrected chi connectivity index (χ1v) is 14.5. The number of carbonyl (C=O) groups excluding carboxylic acids is 5. The fraction of sp³-hybridized carbons (Fsp3) is 0.560. The predicted molar refractivity (Wildman–Crippen MR) is 141 cm³/mol. The first-order chi connectivity index (χ1) is 18.8. The van der Waals surface area contributed by atoms with Crippen molar-refractivity contribution in [1.82, 2.24) is 19.8 Å². The number of piperidine rings is 1. The molecule has 1 aromatic rings. The highest BCUT2D eigenvalue weighted by Crippen LogP contribution is 2.32. The van der Waals surface area contributed by atoms with Crippen LogP contribution in [0.25, 0.3) is 0 Å². The molecule has 3 aliphatic rings. The number of ether oxygens (including phenoxy) is 2. The van der Waals surface area contributed by atoms with Gasteiger partial charge in [0.05, 0.1) is 24.3 Å². The first kappa shape index (κ1) is 29.4. The molecule has 0 aromatic heterocycles. The van der Waals surface area contributed by atoms with E-state index in [-0.39, 0.29) is 63.4 Å². The summed E-state index contributed by atoms with van der Waals surface area (Å²) >= 11 is 0. The Hall–Kier alpha value is -3.56. The number of amides is 5. The van der Waals surface area contributed by atoms with Crippen LogP contribution in [-0.4, -0.2) is 104 Å². The van der Waals surface area contributed by atoms with Gasteiger partial charge in [-0.2, -0.15) is 0 Å². The quantitative estimate of drug-likeness (QED) is 0.253. The molecule has 0 radical (unpaired) electrons. The van der Waals surface area contributed by atoms with E-state index >= 15 is 0 Å². The van der Waals surface area contributed by atoms with E-state index in [1.54, 1.807) is 32.9 Å². The van der Waals surface area contributed by atoms with Crippen LogP contribution in [0, 0.1) is 0 Å². The van der Waals surface area contributed by atoms with E-state index < -0.39 is 56.6 Å². The van der Waals surface area contributed by atoms with E-state index in [1.165, 1.54) is 11.0 Å². The largest absolute Gasteiger partial charge is 0.444 e. The summed E-state index contributed by atoms with van der Waals surface area (Å²) in [6, 6.07) is 3.70. The smallest absolute Gasteiger partial charge is 0.410 e. The average Bonchev–Trinajstić information content (AvgIpc) is 3.07. The maximum absolute atomic E-state index is 13.1. The number of rotatable bonds is 10. The molecule has 5 amide bonds. The molecule has 0 bridgehead atoms. The van der Waals surface area contributed by atoms with Crippen molar-refractivity contribution in [2.45, 2.75) is 50.5 Å². The van der Waals surface area contributed by atoms with E-state index in [1.807, 2.05) is 0 Å². The highest BCUT2D eigenvalue weighted by Gasteiger charge is 2.45. The molecule has 2 saturated heterocycles. The SMILES string of the molecule is CC(C)(C)OC(=O)N1CC(S(=O)(=O)NCCOCCNc2cccc3c2C(=O)N(C2CCC(=O)NC2=O)C3=O)C1. The van der Waals surface area contributed by atoms with Gasteiger partial charge in [-0.05, 0) is 39.3 Å². The van der Waals surface area contributed by atoms with Crippen molar-refractivity contribution >= 4 is 45.4 Å². The van der Waals surface area contributed by atoms with Gasteiger partial charge in [0.2, 0.25) is 21.8 Å². The number of anilines is 1. The number of nitrogens with one attached hydrogen (secondary N) is 3. The summed E-state index contributed by atoms with van der Waals surface area (Å²) in [5.41, 5.74) is 0.0476. The zero-order valence-corrected chi connectivity index (χ0v) is 23.3. The van der Waals surface area contributed by atoms with Crippen LogP contribution in [0.4, 0.5) is 10.5 Å². The number of imide groups is 2. The summed E-state index contributed by atoms with van der Waals surface area (Å²) in [6.07, 6.45) is -0.444. The second-order valence-electron chi connectivity index (χ2n) is 10.7. The molecule has 0 aliphatic carbocycles. The van der Waals surface area contributed by atoms with Gasteiger partial charge in [-0.25, -0.2) is 17.9 Å². The Morgan fingerprint density at radius 3 is 2.45 bits per heavy atom. The molecule has 3 N–H and O–H groups in total. The molecular formula is C25H33N5O9S. The number of carbonyl (C=O) groups is 5. The van der Waals surface area contributed by atoms with E-state index in [9.17, 15) is 32.4 Å². The number of likely N-dealkylation sites (tertiary alicyclic amines) is 1. The number of benzene rings is 1. The topological polar surface area (TPSA) is 181 Å². The third-order valence-electron chi connectivity index (χ3n) is 6.52. The van der Waals surface area contributed by atoms with Gasteiger partial charge in [-0.1, -0.05) is 6.07 Å². The van der Waals surface area contributed by atoms with E-state index in [4.69, 9.17) is 9.47 Å². The van der Waals surface area contributed by atoms with Crippen molar-refractivity contribution in [3.63, 3.8) is 0 Å². The van der Waals surface area contributed by atoms with Crippen molar-refractivity contribution in [3.05, 3.63) is 29.3 Å². The molecule has 3 aliphatic heterocycles. The maximum Gasteiger partial charge on any atom is 0.410 e. The van der Waals surface area contributed by atoms with Crippen LogP contribution in [0.2, 0.25) is 0 Å². The highest BCUT2D eigenvalue weighted by atomic mass is 32.2. The Labute approximate surface area is 231 Å². The average molecular weight is 580 g/mol. The molecule has 1 unspecified atom stereocenters. The number of fused-ring (bicyclic) bond motifs is 1. The van der Waals surface area contributed by atoms with Crippen LogP contribution in [0.5, 0.6) is 0 Å². The summed E-state index contributed by atoms with van der Waals surface area (Å²) in [5, 5.41) is 4.49. The fourth-order valence-electron chi connectivity index (χ4n) is 4.51. The van der Waals surface area contributed by atoms with E-state index in [0.29, 0.717) is 5.69 Å². The lowest BCUT2D eigenvalue weighted by Gasteiger charge is -2.39. The number of nitrogens with zero attached hydrogens (tertiary/aromatic N) is 2. The zero-order valence-electron chi connectivity index (χ0n) is 22.5. The second-order valence-corrected chi connectivity index (χ2v) is 12.7. The van der Waals surface area contributed by atoms with Crippen LogP contribution < -0.4 is 15.4 Å². The summed E-state index contributed by atoms with van der Waals surface area (Å²) in [7, 11) is -3.63. The van der Waals surface area contributed by atoms with E-state index in [2.05, 4.69) is 15.4 Å². The molecule has 3 heterocycles. The highest BCUT2D eigenvalue weighted by molar-refractivity contribution is 7.90. The second kappa shape index (κ2) is 11.5. The predicted octanol–water partition coefficient (Wildman–Crippen LogP) is 0.0550. The third kappa shape index (κ3) is 6.42. The molecule has 15 heteroatoms. The van der Waals surface area contributed by atoms with Crippen LogP contribution >= 0.6 is 0 Å². The van der Waals surface area contributed by atoms with Crippen molar-refractivity contribution in [3.8, 4) is 0 Å². The Morgan fingerprint density at radius 2 is 1.77 bits per heavy atom. The lowest BCUT2D eigenvalue weighted by atomic mass is 10.0. The van der Waals surface area contributed by atoms with Crippen molar-refractivity contribution in [1.29, 1.82) is 0 Å². The van der Waals surface area contributed by atoms with Crippen LogP contribution in [-0.2, 0) is 29.1 Å². The zero-order chi connectivity index (χ0) is 29.2. The molecular weight excluding hydrogens is 546 g/mol. The Bertz CT molecular complexity index is 1320. The van der Waals surface area contributed by atoms with Gasteiger partial charge >= 0.3 is 6.09 Å². The van der Waals surface area contributed by atoms with E-state index in [0.717, 1.165) is 4.90 Å². The maximum atomic E-state index is 13.1. The number of hydrogen-bond acceptors (Lipinski definition) is 10. The normalized spacial score (nSPS) is 19.8. The van der Waals surface area contributed by atoms with Gasteiger partial charge in [0.15, 0.2) is 0 Å². The molecule has 1 aromatic carbocycles. The third-order valence-corrected chi connectivity index (χ3v) is 8.30. The van der Waals surface area contributed by atoms with Gasteiger partial charge in [0.1, 0.15) is 16.9 Å². The van der Waals surface area contributed by atoms with Gasteiger partial charge in [-0.15, -0.1) is 0 Å². The Balaban J connectivity index is 1.19. The molecule has 218 valence electrons. The molecule has 0 spiro atoms. The van der Waals surface area contributed by atoms with Crippen LogP contribution in [0.15, 0.2) is 18.2 Å². The lowest BCUT2D eigenvalue weighted by molar-refractivity contribution is -0.136. The summed E-state index contributed by atoms with van der Waals surface area (Å²) in [6.45, 7) is 5.90. The first-order valence-electron chi connectivity index (χ1n) is 12.9. The minimum absolute atomic E-state index is 0.0353. The van der Waals surface area contributed by atoms with Crippen molar-refractivity contribution < 1.29 is 41.9 Å². The van der Waals surface area contributed by atoms with Gasteiger partial charge in [-0.3, -0.25) is 29.4 Å². The monoisotopic (exact) mass is 579 g/mol. The molecule has 4 rings (SSSR count). The van der Waals surface area contributed by atoms with Gasteiger partial charge in [0.25, 0.3) is 11.8 Å². The van der Waals surface area contributed by atoms with Crippen LogP contribution in [0.3, 0.4) is 0 Å². The molecule has 40 heavy (non-hydrogen) atoms. The Morgan fingerprint density at radius 1 is 1.07 bits per heavy atom. The number of hydrogen-bond donors (Lipinski definition) is 3. The molecule has 14 nitrogen and oxygen atoms in total. The summed E-state index contributed by atoms with van der Waals surface area (Å²) in [4.78, 5) is 63.9. The minimum atomic E-state index is -3.63. The number of sulfonamides is 1. The molecule has 1 atom stereocenters. The summed E-state index contributed by atoms with van der Waals surface area (Å²) < 4.78 is 38.0. The fourth-order valence-corrected chi connectivity index (χ4v) is 5.86. The lowest BCUT2D eigenvalue weighted by Crippen LogP contribution is -2.60. The minimum Gasteiger partial charge on any atom is -0.444 e. The molecule has 2 fully saturated rings. The standard InChI is InChI=1S/C25H33N5O9S/c1-25(2,3)39-24(35)29-13-15(14-29)40(36,37)27-10-12-38-11-9-26-17-6-4-5-16-20(17)23(34)30(22(16)33)18-7-8-19(31)28-21(18)32/h4-6,15,18,26-27H,7-14H2,1-3H3,(H,28,31,32). The van der Waals surface area contributed by atoms with Gasteiger partial charge in [0, 0.05) is 38.3 Å². The van der Waals surface area contributed by atoms with Crippen molar-refractivity contribution in [2.24, 2.45) is 0 Å². The molecule has 0 saturated carbocycles. The van der Waals surface area contributed by atoms with Crippen molar-refractivity contribution in [2.75, 3.05) is 44.7 Å². The summed E-state index contributed by atoms with van der Waals surface area (Å²) in [5.74, 6) is -2.33. The Kier molecular flexibility index (Phi) is 8.46. The van der Waals surface area contributed by atoms with Crippen LogP contribution in [0.1, 0.15) is 54.3 Å². The van der Waals surface area contributed by atoms with Gasteiger partial charge < -0.3 is 19.7 Å².